The minimum Gasteiger partial charge on any atom is -0.412 e. The number of hydrogen-bond donors (Lipinski definition) is 3. The van der Waals surface area contributed by atoms with E-state index in [9.17, 15) is 19.8 Å². The number of nitrogens with one attached hydrogen (secondary N) is 1. The zero-order valence-corrected chi connectivity index (χ0v) is 11.8. The number of Topliss-reactive ketones (excluding diaryl/α,β-unsaturated/α-hetero) is 1. The van der Waals surface area contributed by atoms with E-state index in [1.807, 2.05) is 19.6 Å². The summed E-state index contributed by atoms with van der Waals surface area (Å²) in [5.41, 5.74) is -1.13. The third-order valence-corrected chi connectivity index (χ3v) is 4.37. The Bertz CT molecular complexity index is 383. The molecule has 1 aliphatic heterocycles. The summed E-state index contributed by atoms with van der Waals surface area (Å²) in [5.74, 6) is -0.764. The van der Waals surface area contributed by atoms with E-state index >= 15 is 0 Å². The molecule has 102 valence electrons. The van der Waals surface area contributed by atoms with Gasteiger partial charge in [0.15, 0.2) is 14.1 Å². The highest BCUT2D eigenvalue weighted by Gasteiger charge is 2.61. The van der Waals surface area contributed by atoms with E-state index in [-0.39, 0.29) is 18.7 Å². The molecule has 18 heavy (non-hydrogen) atoms. The van der Waals surface area contributed by atoms with E-state index in [1.54, 1.807) is 0 Å². The first-order chi connectivity index (χ1) is 8.16. The summed E-state index contributed by atoms with van der Waals surface area (Å²) in [6.07, 6.45) is -2.91. The van der Waals surface area contributed by atoms with E-state index in [4.69, 9.17) is 4.43 Å². The van der Waals surface area contributed by atoms with Gasteiger partial charge >= 0.3 is 0 Å². The van der Waals surface area contributed by atoms with Gasteiger partial charge in [0.1, 0.15) is 11.6 Å². The molecular formula is C11H19NO5Si. The Hall–Kier alpha value is -0.763. The maximum absolute atomic E-state index is 12.1. The van der Waals surface area contributed by atoms with Crippen molar-refractivity contribution in [2.75, 3.05) is 0 Å². The number of carbonyl (C=O) groups excluding carboxylic acids is 2. The molecule has 0 bridgehead atoms. The fraction of sp³-hybridized carbons (Fsp3) is 0.818. The number of β-lactam (4-membered cyclic amide) rings is 1. The summed E-state index contributed by atoms with van der Waals surface area (Å²) in [6.45, 7) is 5.93. The predicted molar refractivity (Wildman–Crippen MR) is 65.3 cm³/mol. The van der Waals surface area contributed by atoms with E-state index in [0.29, 0.717) is 0 Å². The molecule has 0 aromatic rings. The van der Waals surface area contributed by atoms with Crippen molar-refractivity contribution < 1.29 is 24.2 Å². The van der Waals surface area contributed by atoms with Crippen LogP contribution >= 0.6 is 0 Å². The molecule has 1 saturated carbocycles. The van der Waals surface area contributed by atoms with Crippen LogP contribution in [-0.2, 0) is 14.0 Å². The first-order valence-corrected chi connectivity index (χ1v) is 9.46. The summed E-state index contributed by atoms with van der Waals surface area (Å²) >= 11 is 0. The first kappa shape index (κ1) is 13.7. The van der Waals surface area contributed by atoms with Crippen LogP contribution in [0.3, 0.4) is 0 Å². The molecule has 1 saturated heterocycles. The van der Waals surface area contributed by atoms with Gasteiger partial charge in [-0.3, -0.25) is 9.59 Å². The van der Waals surface area contributed by atoms with E-state index in [2.05, 4.69) is 5.32 Å². The van der Waals surface area contributed by atoms with Crippen molar-refractivity contribution in [1.82, 2.24) is 5.32 Å². The van der Waals surface area contributed by atoms with E-state index in [1.165, 1.54) is 0 Å². The van der Waals surface area contributed by atoms with Crippen molar-refractivity contribution >= 4 is 20.0 Å². The van der Waals surface area contributed by atoms with Gasteiger partial charge in [-0.1, -0.05) is 0 Å². The van der Waals surface area contributed by atoms with Gasteiger partial charge in [0.25, 0.3) is 0 Å². The van der Waals surface area contributed by atoms with Gasteiger partial charge < -0.3 is 20.0 Å². The molecule has 3 N–H and O–H groups in total. The van der Waals surface area contributed by atoms with Crippen molar-refractivity contribution in [3.8, 4) is 0 Å². The van der Waals surface area contributed by atoms with Gasteiger partial charge in [0.2, 0.25) is 5.91 Å². The summed E-state index contributed by atoms with van der Waals surface area (Å²) in [5, 5.41) is 21.9. The van der Waals surface area contributed by atoms with Gasteiger partial charge in [0.05, 0.1) is 18.6 Å². The molecule has 1 amide bonds. The minimum absolute atomic E-state index is 0.0325. The van der Waals surface area contributed by atoms with Gasteiger partial charge in [-0.25, -0.2) is 0 Å². The number of carbonyl (C=O) groups is 2. The average molecular weight is 273 g/mol. The topological polar surface area (TPSA) is 95.9 Å². The lowest BCUT2D eigenvalue weighted by Crippen LogP contribution is -2.78. The number of aliphatic hydroxyl groups excluding tert-OH is 2. The standard InChI is InChI=1S/C11H19NO5Si/c1-18(2,3)17-7-4-6(13)9(15)10(16)11(7)5-8(14)12-11/h6-7,9,13,15H,4-5H2,1-3H3,(H,12,14). The molecule has 4 unspecified atom stereocenters. The number of ketones is 1. The smallest absolute Gasteiger partial charge is 0.223 e. The van der Waals surface area contributed by atoms with Gasteiger partial charge in [-0.2, -0.15) is 0 Å². The van der Waals surface area contributed by atoms with E-state index < -0.39 is 38.0 Å². The van der Waals surface area contributed by atoms with Crippen LogP contribution in [0.2, 0.25) is 19.6 Å². The molecule has 0 aromatic heterocycles. The largest absolute Gasteiger partial charge is 0.412 e. The molecule has 6 nitrogen and oxygen atoms in total. The summed E-state index contributed by atoms with van der Waals surface area (Å²) in [4.78, 5) is 23.3. The number of hydrogen-bond acceptors (Lipinski definition) is 5. The number of aliphatic hydroxyl groups is 2. The highest BCUT2D eigenvalue weighted by atomic mass is 28.4. The van der Waals surface area contributed by atoms with Crippen molar-refractivity contribution in [2.24, 2.45) is 0 Å². The second-order valence-corrected chi connectivity index (χ2v) is 10.5. The SMILES string of the molecule is C[Si](C)(C)OC1CC(O)C(O)C(=O)C12CC(=O)N2. The Morgan fingerprint density at radius 2 is 1.89 bits per heavy atom. The molecule has 1 aliphatic carbocycles. The lowest BCUT2D eigenvalue weighted by molar-refractivity contribution is -0.169. The molecule has 2 aliphatic rings. The quantitative estimate of drug-likeness (QED) is 0.450. The lowest BCUT2D eigenvalue weighted by Gasteiger charge is -2.52. The Morgan fingerprint density at radius 3 is 2.33 bits per heavy atom. The number of rotatable bonds is 2. The summed E-state index contributed by atoms with van der Waals surface area (Å²) in [7, 11) is -1.92. The van der Waals surface area contributed by atoms with Crippen molar-refractivity contribution in [3.05, 3.63) is 0 Å². The van der Waals surface area contributed by atoms with Gasteiger partial charge in [-0.05, 0) is 19.6 Å². The second kappa shape index (κ2) is 4.12. The highest BCUT2D eigenvalue weighted by molar-refractivity contribution is 6.69. The Morgan fingerprint density at radius 1 is 1.33 bits per heavy atom. The number of amides is 1. The van der Waals surface area contributed by atoms with Crippen molar-refractivity contribution in [3.63, 3.8) is 0 Å². The maximum Gasteiger partial charge on any atom is 0.223 e. The molecule has 2 rings (SSSR count). The molecular weight excluding hydrogens is 254 g/mol. The van der Waals surface area contributed by atoms with Crippen LogP contribution in [0.1, 0.15) is 12.8 Å². The third kappa shape index (κ3) is 2.11. The molecule has 1 heterocycles. The first-order valence-electron chi connectivity index (χ1n) is 6.05. The average Bonchev–Trinajstić information content (AvgIpc) is 2.17. The Labute approximate surface area is 106 Å². The van der Waals surface area contributed by atoms with Crippen LogP contribution in [0.4, 0.5) is 0 Å². The molecule has 4 atom stereocenters. The lowest BCUT2D eigenvalue weighted by atomic mass is 9.69. The molecule has 2 fully saturated rings. The predicted octanol–water partition coefficient (Wildman–Crippen LogP) is -0.840. The Kier molecular flexibility index (Phi) is 3.13. The van der Waals surface area contributed by atoms with Crippen LogP contribution in [0.5, 0.6) is 0 Å². The normalized spacial score (nSPS) is 40.6. The monoisotopic (exact) mass is 273 g/mol. The maximum atomic E-state index is 12.1. The summed E-state index contributed by atoms with van der Waals surface area (Å²) < 4.78 is 5.91. The van der Waals surface area contributed by atoms with Crippen molar-refractivity contribution in [1.29, 1.82) is 0 Å². The second-order valence-electron chi connectivity index (χ2n) is 6.03. The molecule has 0 radical (unpaired) electrons. The zero-order chi connectivity index (χ0) is 13.7. The van der Waals surface area contributed by atoms with Gasteiger partial charge in [0, 0.05) is 6.42 Å². The van der Waals surface area contributed by atoms with Crippen LogP contribution < -0.4 is 5.32 Å². The molecule has 1 spiro atoms. The fourth-order valence-corrected chi connectivity index (χ4v) is 3.70. The molecule has 7 heteroatoms. The van der Waals surface area contributed by atoms with Gasteiger partial charge in [-0.15, -0.1) is 0 Å². The van der Waals surface area contributed by atoms with Crippen LogP contribution in [-0.4, -0.2) is 54.1 Å². The third-order valence-electron chi connectivity index (χ3n) is 3.38. The summed E-state index contributed by atoms with van der Waals surface area (Å²) in [6, 6.07) is 0. The van der Waals surface area contributed by atoms with Crippen molar-refractivity contribution in [2.45, 2.75) is 56.3 Å². The molecule has 0 aromatic carbocycles. The fourth-order valence-electron chi connectivity index (χ4n) is 2.55. The van der Waals surface area contributed by atoms with E-state index in [0.717, 1.165) is 0 Å². The Balaban J connectivity index is 2.25. The van der Waals surface area contributed by atoms with Crippen LogP contribution in [0.25, 0.3) is 0 Å². The zero-order valence-electron chi connectivity index (χ0n) is 10.8. The highest BCUT2D eigenvalue weighted by Crippen LogP contribution is 2.37. The van der Waals surface area contributed by atoms with Crippen LogP contribution in [0, 0.1) is 0 Å². The minimum atomic E-state index is -1.92. The van der Waals surface area contributed by atoms with Crippen LogP contribution in [0.15, 0.2) is 0 Å².